The number of nitrogens with one attached hydrogen (secondary N) is 2. The van der Waals surface area contributed by atoms with Gasteiger partial charge >= 0.3 is 6.61 Å². The van der Waals surface area contributed by atoms with Gasteiger partial charge in [-0.15, -0.1) is 0 Å². The van der Waals surface area contributed by atoms with Crippen LogP contribution in [0.3, 0.4) is 0 Å². The van der Waals surface area contributed by atoms with Gasteiger partial charge in [0.2, 0.25) is 6.79 Å². The fourth-order valence-corrected chi connectivity index (χ4v) is 2.85. The Hall–Kier alpha value is -3.23. The van der Waals surface area contributed by atoms with Crippen molar-refractivity contribution in [3.63, 3.8) is 0 Å². The largest absolute Gasteiger partial charge is 0.497 e. The first-order valence-corrected chi connectivity index (χ1v) is 9.04. The van der Waals surface area contributed by atoms with E-state index < -0.39 is 6.61 Å². The van der Waals surface area contributed by atoms with Crippen molar-refractivity contribution >= 4 is 5.96 Å². The Balaban J connectivity index is 1.54. The molecular formula is C20H23F2N3O4. The Kier molecular flexibility index (Phi) is 6.94. The van der Waals surface area contributed by atoms with Crippen molar-refractivity contribution in [3.8, 4) is 23.0 Å². The molecule has 156 valence electrons. The molecule has 0 aliphatic carbocycles. The maximum atomic E-state index is 12.6. The highest BCUT2D eigenvalue weighted by Gasteiger charge is 2.14. The van der Waals surface area contributed by atoms with Gasteiger partial charge in [-0.05, 0) is 42.3 Å². The maximum Gasteiger partial charge on any atom is 0.387 e. The number of fused-ring (bicyclic) bond motifs is 1. The summed E-state index contributed by atoms with van der Waals surface area (Å²) in [7, 11) is 3.15. The molecule has 0 spiro atoms. The molecule has 2 aromatic rings. The number of hydrogen-bond acceptors (Lipinski definition) is 5. The highest BCUT2D eigenvalue weighted by molar-refractivity contribution is 5.79. The minimum Gasteiger partial charge on any atom is -0.497 e. The third-order valence-corrected chi connectivity index (χ3v) is 4.30. The number of nitrogens with zero attached hydrogens (tertiary/aromatic N) is 1. The van der Waals surface area contributed by atoms with Crippen LogP contribution in [0.2, 0.25) is 0 Å². The van der Waals surface area contributed by atoms with Gasteiger partial charge in [-0.1, -0.05) is 6.07 Å². The average Bonchev–Trinajstić information content (AvgIpc) is 3.19. The quantitative estimate of drug-likeness (QED) is 0.518. The van der Waals surface area contributed by atoms with Crippen molar-refractivity contribution in [2.24, 2.45) is 4.99 Å². The summed E-state index contributed by atoms with van der Waals surface area (Å²) in [6, 6.07) is 10.5. The van der Waals surface area contributed by atoms with Gasteiger partial charge in [0.1, 0.15) is 11.5 Å². The smallest absolute Gasteiger partial charge is 0.387 e. The summed E-state index contributed by atoms with van der Waals surface area (Å²) in [5.74, 6) is 2.67. The van der Waals surface area contributed by atoms with E-state index in [0.29, 0.717) is 23.8 Å². The van der Waals surface area contributed by atoms with E-state index in [2.05, 4.69) is 20.4 Å². The molecule has 0 saturated heterocycles. The lowest BCUT2D eigenvalue weighted by molar-refractivity contribution is -0.0505. The van der Waals surface area contributed by atoms with Gasteiger partial charge in [-0.3, -0.25) is 4.99 Å². The van der Waals surface area contributed by atoms with Crippen LogP contribution in [0, 0.1) is 0 Å². The first-order valence-electron chi connectivity index (χ1n) is 9.04. The van der Waals surface area contributed by atoms with Crippen molar-refractivity contribution in [1.29, 1.82) is 0 Å². The first-order chi connectivity index (χ1) is 14.1. The van der Waals surface area contributed by atoms with Crippen molar-refractivity contribution < 1.29 is 27.7 Å². The Morgan fingerprint density at radius 1 is 1.14 bits per heavy atom. The van der Waals surface area contributed by atoms with Gasteiger partial charge in [0.25, 0.3) is 0 Å². The molecule has 0 saturated carbocycles. The van der Waals surface area contributed by atoms with Crippen LogP contribution >= 0.6 is 0 Å². The van der Waals surface area contributed by atoms with E-state index in [1.165, 1.54) is 13.2 Å². The highest BCUT2D eigenvalue weighted by atomic mass is 19.3. The van der Waals surface area contributed by atoms with Crippen molar-refractivity contribution in [3.05, 3.63) is 47.5 Å². The number of aliphatic imine (C=N–C) groups is 1. The summed E-state index contributed by atoms with van der Waals surface area (Å²) in [5, 5.41) is 6.28. The SMILES string of the molecule is CN=C(NCCc1ccc2c(c1)OCO2)NCc1cc(OC)ccc1OC(F)F. The molecule has 0 aromatic heterocycles. The second-order valence-electron chi connectivity index (χ2n) is 6.14. The predicted octanol–water partition coefficient (Wildman–Crippen LogP) is 2.93. The van der Waals surface area contributed by atoms with E-state index in [-0.39, 0.29) is 19.1 Å². The van der Waals surface area contributed by atoms with Crippen LogP contribution in [0.15, 0.2) is 41.4 Å². The molecule has 0 atom stereocenters. The van der Waals surface area contributed by atoms with E-state index in [1.54, 1.807) is 19.2 Å². The molecule has 3 rings (SSSR count). The van der Waals surface area contributed by atoms with Gasteiger partial charge in [-0.2, -0.15) is 8.78 Å². The van der Waals surface area contributed by atoms with Gasteiger partial charge in [-0.25, -0.2) is 0 Å². The molecule has 0 radical (unpaired) electrons. The molecule has 0 unspecified atom stereocenters. The third-order valence-electron chi connectivity index (χ3n) is 4.30. The Labute approximate surface area is 167 Å². The number of ether oxygens (including phenoxy) is 4. The number of rotatable bonds is 8. The molecule has 1 heterocycles. The Bertz CT molecular complexity index is 862. The molecular weight excluding hydrogens is 384 g/mol. The van der Waals surface area contributed by atoms with E-state index in [0.717, 1.165) is 23.5 Å². The molecule has 2 N–H and O–H groups in total. The fraction of sp³-hybridized carbons (Fsp3) is 0.350. The lowest BCUT2D eigenvalue weighted by atomic mass is 10.1. The summed E-state index contributed by atoms with van der Waals surface area (Å²) in [5.41, 5.74) is 1.63. The van der Waals surface area contributed by atoms with Crippen LogP contribution in [0.25, 0.3) is 0 Å². The summed E-state index contributed by atoms with van der Waals surface area (Å²) < 4.78 is 45.7. The molecule has 1 aliphatic rings. The molecule has 9 heteroatoms. The minimum atomic E-state index is -2.90. The minimum absolute atomic E-state index is 0.0871. The van der Waals surface area contributed by atoms with Crippen molar-refractivity contribution in [2.45, 2.75) is 19.6 Å². The van der Waals surface area contributed by atoms with E-state index >= 15 is 0 Å². The molecule has 1 aliphatic heterocycles. The monoisotopic (exact) mass is 407 g/mol. The van der Waals surface area contributed by atoms with E-state index in [9.17, 15) is 8.78 Å². The summed E-state index contributed by atoms with van der Waals surface area (Å²) in [6.07, 6.45) is 0.746. The van der Waals surface area contributed by atoms with Crippen LogP contribution in [-0.2, 0) is 13.0 Å². The normalized spacial score (nSPS) is 12.8. The van der Waals surface area contributed by atoms with Crippen LogP contribution in [0.4, 0.5) is 8.78 Å². The van der Waals surface area contributed by atoms with Crippen LogP contribution in [0.1, 0.15) is 11.1 Å². The topological polar surface area (TPSA) is 73.3 Å². The number of halogens is 2. The van der Waals surface area contributed by atoms with Crippen molar-refractivity contribution in [2.75, 3.05) is 27.5 Å². The number of hydrogen-bond donors (Lipinski definition) is 2. The summed E-state index contributed by atoms with van der Waals surface area (Å²) >= 11 is 0. The van der Waals surface area contributed by atoms with Gasteiger partial charge in [0.15, 0.2) is 17.5 Å². The lowest BCUT2D eigenvalue weighted by Crippen LogP contribution is -2.38. The highest BCUT2D eigenvalue weighted by Crippen LogP contribution is 2.32. The lowest BCUT2D eigenvalue weighted by Gasteiger charge is -2.15. The number of benzene rings is 2. The second kappa shape index (κ2) is 9.81. The standard InChI is InChI=1S/C20H23F2N3O4/c1-23-20(24-8-7-13-3-5-17-18(9-13)28-12-27-17)25-11-14-10-15(26-2)4-6-16(14)29-19(21)22/h3-6,9-10,19H,7-8,11-12H2,1-2H3,(H2,23,24,25). The fourth-order valence-electron chi connectivity index (χ4n) is 2.85. The Morgan fingerprint density at radius 2 is 1.97 bits per heavy atom. The van der Waals surface area contributed by atoms with Gasteiger partial charge < -0.3 is 29.6 Å². The van der Waals surface area contributed by atoms with E-state index in [1.807, 2.05) is 18.2 Å². The predicted molar refractivity (Wildman–Crippen MR) is 104 cm³/mol. The Morgan fingerprint density at radius 3 is 2.72 bits per heavy atom. The number of alkyl halides is 2. The second-order valence-corrected chi connectivity index (χ2v) is 6.14. The molecule has 7 nitrogen and oxygen atoms in total. The molecule has 0 amide bonds. The van der Waals surface area contributed by atoms with Crippen LogP contribution in [0.5, 0.6) is 23.0 Å². The molecule has 0 fully saturated rings. The first kappa shape index (κ1) is 20.5. The zero-order chi connectivity index (χ0) is 20.6. The zero-order valence-electron chi connectivity index (χ0n) is 16.2. The third kappa shape index (κ3) is 5.63. The van der Waals surface area contributed by atoms with Crippen molar-refractivity contribution in [1.82, 2.24) is 10.6 Å². The van der Waals surface area contributed by atoms with Crippen LogP contribution < -0.4 is 29.6 Å². The number of methoxy groups -OCH3 is 1. The summed E-state index contributed by atoms with van der Waals surface area (Å²) in [4.78, 5) is 4.15. The number of guanidine groups is 1. The van der Waals surface area contributed by atoms with Crippen LogP contribution in [-0.4, -0.2) is 40.1 Å². The molecule has 2 aromatic carbocycles. The van der Waals surface area contributed by atoms with E-state index in [4.69, 9.17) is 14.2 Å². The van der Waals surface area contributed by atoms with Gasteiger partial charge in [0, 0.05) is 25.7 Å². The molecule has 0 bridgehead atoms. The summed E-state index contributed by atoms with van der Waals surface area (Å²) in [6.45, 7) is -1.79. The van der Waals surface area contributed by atoms with Gasteiger partial charge in [0.05, 0.1) is 7.11 Å². The zero-order valence-corrected chi connectivity index (χ0v) is 16.2. The average molecular weight is 407 g/mol. The molecule has 29 heavy (non-hydrogen) atoms. The maximum absolute atomic E-state index is 12.6.